The number of hydrogen-bond acceptors (Lipinski definition) is 2. The number of rotatable bonds is 3. The molecule has 0 spiro atoms. The van der Waals surface area contributed by atoms with Crippen LogP contribution >= 0.6 is 0 Å². The highest BCUT2D eigenvalue weighted by Crippen LogP contribution is 2.34. The van der Waals surface area contributed by atoms with E-state index in [0.717, 1.165) is 29.8 Å². The van der Waals surface area contributed by atoms with Gasteiger partial charge in [-0.2, -0.15) is 0 Å². The first kappa shape index (κ1) is 14.8. The van der Waals surface area contributed by atoms with E-state index in [1.807, 2.05) is 25.1 Å². The molecule has 1 aromatic heterocycles. The number of nitrogens with one attached hydrogen (secondary N) is 1. The third-order valence-corrected chi connectivity index (χ3v) is 4.45. The fourth-order valence-electron chi connectivity index (χ4n) is 3.22. The van der Waals surface area contributed by atoms with Crippen molar-refractivity contribution in [3.8, 4) is 0 Å². The molecule has 0 radical (unpaired) electrons. The number of para-hydroxylation sites is 1. The molecule has 1 aromatic carbocycles. The molecule has 0 bridgehead atoms. The zero-order chi connectivity index (χ0) is 15.7. The van der Waals surface area contributed by atoms with Crippen LogP contribution in [0.4, 0.5) is 5.69 Å². The van der Waals surface area contributed by atoms with Crippen molar-refractivity contribution < 1.29 is 4.79 Å². The normalized spacial score (nSPS) is 16.6. The SMILES string of the molecule is Cc1cccc(C(C)C)c1NC(=O)[C@@H]1CCc2cccnc21. The van der Waals surface area contributed by atoms with E-state index < -0.39 is 0 Å². The zero-order valence-electron chi connectivity index (χ0n) is 13.4. The summed E-state index contributed by atoms with van der Waals surface area (Å²) in [6.07, 6.45) is 3.56. The maximum absolute atomic E-state index is 12.8. The second kappa shape index (κ2) is 5.91. The number of pyridine rings is 1. The molecule has 114 valence electrons. The number of anilines is 1. The number of aromatic nitrogens is 1. The second-order valence-corrected chi connectivity index (χ2v) is 6.32. The van der Waals surface area contributed by atoms with Gasteiger partial charge in [-0.3, -0.25) is 9.78 Å². The molecule has 1 N–H and O–H groups in total. The van der Waals surface area contributed by atoms with Gasteiger partial charge in [0.1, 0.15) is 0 Å². The van der Waals surface area contributed by atoms with Gasteiger partial charge in [0, 0.05) is 11.9 Å². The molecule has 0 saturated heterocycles. The summed E-state index contributed by atoms with van der Waals surface area (Å²) >= 11 is 0. The number of nitrogens with zero attached hydrogens (tertiary/aromatic N) is 1. The van der Waals surface area contributed by atoms with Gasteiger partial charge in [-0.25, -0.2) is 0 Å². The summed E-state index contributed by atoms with van der Waals surface area (Å²) in [7, 11) is 0. The monoisotopic (exact) mass is 294 g/mol. The molecule has 1 atom stereocenters. The van der Waals surface area contributed by atoms with E-state index in [2.05, 4.69) is 36.3 Å². The number of hydrogen-bond donors (Lipinski definition) is 1. The number of amides is 1. The largest absolute Gasteiger partial charge is 0.325 e. The molecule has 1 heterocycles. The lowest BCUT2D eigenvalue weighted by molar-refractivity contribution is -0.117. The molecular weight excluding hydrogens is 272 g/mol. The van der Waals surface area contributed by atoms with Gasteiger partial charge >= 0.3 is 0 Å². The van der Waals surface area contributed by atoms with Crippen LogP contribution in [0.3, 0.4) is 0 Å². The Morgan fingerprint density at radius 3 is 2.86 bits per heavy atom. The van der Waals surface area contributed by atoms with Crippen molar-refractivity contribution in [3.63, 3.8) is 0 Å². The molecule has 3 heteroatoms. The van der Waals surface area contributed by atoms with Gasteiger partial charge in [0.25, 0.3) is 0 Å². The van der Waals surface area contributed by atoms with Gasteiger partial charge in [-0.05, 0) is 48.4 Å². The molecule has 2 aromatic rings. The Labute approximate surface area is 131 Å². The molecule has 1 amide bonds. The maximum Gasteiger partial charge on any atom is 0.233 e. The summed E-state index contributed by atoms with van der Waals surface area (Å²) in [5.41, 5.74) is 5.41. The summed E-state index contributed by atoms with van der Waals surface area (Å²) in [6, 6.07) is 10.2. The third-order valence-electron chi connectivity index (χ3n) is 4.45. The third kappa shape index (κ3) is 2.63. The lowest BCUT2D eigenvalue weighted by Crippen LogP contribution is -2.21. The van der Waals surface area contributed by atoms with E-state index in [9.17, 15) is 4.79 Å². The Balaban J connectivity index is 1.88. The molecular formula is C19H22N2O. The molecule has 3 rings (SSSR count). The summed E-state index contributed by atoms with van der Waals surface area (Å²) in [6.45, 7) is 6.34. The smallest absolute Gasteiger partial charge is 0.233 e. The van der Waals surface area contributed by atoms with E-state index >= 15 is 0 Å². The molecule has 22 heavy (non-hydrogen) atoms. The van der Waals surface area contributed by atoms with Crippen LogP contribution in [0.5, 0.6) is 0 Å². The number of carbonyl (C=O) groups excluding carboxylic acids is 1. The van der Waals surface area contributed by atoms with E-state index in [-0.39, 0.29) is 11.8 Å². The van der Waals surface area contributed by atoms with Crippen LogP contribution in [0.25, 0.3) is 0 Å². The average Bonchev–Trinajstić information content (AvgIpc) is 2.93. The summed E-state index contributed by atoms with van der Waals surface area (Å²) in [4.78, 5) is 17.2. The van der Waals surface area contributed by atoms with Crippen LogP contribution in [-0.4, -0.2) is 10.9 Å². The number of fused-ring (bicyclic) bond motifs is 1. The Bertz CT molecular complexity index is 706. The fraction of sp³-hybridized carbons (Fsp3) is 0.368. The first-order chi connectivity index (χ1) is 10.6. The number of aryl methyl sites for hydroxylation is 2. The topological polar surface area (TPSA) is 42.0 Å². The molecule has 0 saturated carbocycles. The van der Waals surface area contributed by atoms with Crippen molar-refractivity contribution in [2.24, 2.45) is 0 Å². The molecule has 0 unspecified atom stereocenters. The highest BCUT2D eigenvalue weighted by atomic mass is 16.1. The van der Waals surface area contributed by atoms with Gasteiger partial charge in [0.05, 0.1) is 11.6 Å². The van der Waals surface area contributed by atoms with Crippen LogP contribution in [0.1, 0.15) is 54.5 Å². The predicted octanol–water partition coefficient (Wildman–Crippen LogP) is 4.18. The van der Waals surface area contributed by atoms with Crippen molar-refractivity contribution in [3.05, 3.63) is 58.9 Å². The van der Waals surface area contributed by atoms with E-state index in [4.69, 9.17) is 0 Å². The van der Waals surface area contributed by atoms with E-state index in [1.54, 1.807) is 6.20 Å². The van der Waals surface area contributed by atoms with Crippen LogP contribution in [0, 0.1) is 6.92 Å². The fourth-order valence-corrected chi connectivity index (χ4v) is 3.22. The molecule has 1 aliphatic rings. The maximum atomic E-state index is 12.8. The van der Waals surface area contributed by atoms with Crippen molar-refractivity contribution >= 4 is 11.6 Å². The summed E-state index contributed by atoms with van der Waals surface area (Å²) in [5, 5.41) is 3.16. The first-order valence-electron chi connectivity index (χ1n) is 7.92. The number of carbonyl (C=O) groups is 1. The van der Waals surface area contributed by atoms with E-state index in [1.165, 1.54) is 11.1 Å². The average molecular weight is 294 g/mol. The van der Waals surface area contributed by atoms with Gasteiger partial charge in [0.15, 0.2) is 0 Å². The van der Waals surface area contributed by atoms with Crippen LogP contribution < -0.4 is 5.32 Å². The first-order valence-corrected chi connectivity index (χ1v) is 7.92. The Hall–Kier alpha value is -2.16. The van der Waals surface area contributed by atoms with Crippen LogP contribution in [-0.2, 0) is 11.2 Å². The Morgan fingerprint density at radius 1 is 1.27 bits per heavy atom. The van der Waals surface area contributed by atoms with E-state index in [0.29, 0.717) is 5.92 Å². The van der Waals surface area contributed by atoms with Crippen molar-refractivity contribution in [2.45, 2.75) is 45.4 Å². The number of benzene rings is 1. The Kier molecular flexibility index (Phi) is 3.97. The highest BCUT2D eigenvalue weighted by molar-refractivity contribution is 5.97. The van der Waals surface area contributed by atoms with Crippen molar-refractivity contribution in [2.75, 3.05) is 5.32 Å². The van der Waals surface area contributed by atoms with Crippen LogP contribution in [0.15, 0.2) is 36.5 Å². The molecule has 1 aliphatic carbocycles. The summed E-state index contributed by atoms with van der Waals surface area (Å²) in [5.74, 6) is 0.314. The van der Waals surface area contributed by atoms with Crippen LogP contribution in [0.2, 0.25) is 0 Å². The second-order valence-electron chi connectivity index (χ2n) is 6.32. The molecule has 0 fully saturated rings. The minimum absolute atomic E-state index is 0.0636. The minimum atomic E-state index is -0.129. The quantitative estimate of drug-likeness (QED) is 0.922. The van der Waals surface area contributed by atoms with Gasteiger partial charge in [0.2, 0.25) is 5.91 Å². The zero-order valence-corrected chi connectivity index (χ0v) is 13.4. The predicted molar refractivity (Wildman–Crippen MR) is 89.2 cm³/mol. The van der Waals surface area contributed by atoms with Gasteiger partial charge < -0.3 is 5.32 Å². The van der Waals surface area contributed by atoms with Gasteiger partial charge in [-0.15, -0.1) is 0 Å². The standard InChI is InChI=1S/C19H22N2O/c1-12(2)15-8-4-6-13(3)17(15)21-19(22)16-10-9-14-7-5-11-20-18(14)16/h4-8,11-12,16H,9-10H2,1-3H3,(H,21,22)/t16-/m1/s1. The van der Waals surface area contributed by atoms with Crippen molar-refractivity contribution in [1.29, 1.82) is 0 Å². The summed E-state index contributed by atoms with van der Waals surface area (Å²) < 4.78 is 0. The minimum Gasteiger partial charge on any atom is -0.325 e. The highest BCUT2D eigenvalue weighted by Gasteiger charge is 2.30. The van der Waals surface area contributed by atoms with Crippen molar-refractivity contribution in [1.82, 2.24) is 4.98 Å². The molecule has 3 nitrogen and oxygen atoms in total. The lowest BCUT2D eigenvalue weighted by atomic mass is 9.97. The Morgan fingerprint density at radius 2 is 2.09 bits per heavy atom. The molecule has 0 aliphatic heterocycles. The lowest BCUT2D eigenvalue weighted by Gasteiger charge is -2.18. The van der Waals surface area contributed by atoms with Gasteiger partial charge in [-0.1, -0.05) is 38.1 Å².